The third-order valence-corrected chi connectivity index (χ3v) is 10.4. The molecule has 0 saturated carbocycles. The first-order chi connectivity index (χ1) is 28.0. The van der Waals surface area contributed by atoms with Gasteiger partial charge in [0, 0.05) is 16.8 Å². The van der Waals surface area contributed by atoms with E-state index < -0.39 is 0 Å². The zero-order valence-corrected chi connectivity index (χ0v) is 32.1. The molecular weight excluding hydrogens is 687 g/mol. The highest BCUT2D eigenvalue weighted by molar-refractivity contribution is 6.07. The molecule has 0 bridgehead atoms. The van der Waals surface area contributed by atoms with Gasteiger partial charge in [-0.3, -0.25) is 4.99 Å². The van der Waals surface area contributed by atoms with E-state index in [1.54, 1.807) is 0 Å². The lowest BCUT2D eigenvalue weighted by molar-refractivity contribution is 1.45. The monoisotopic (exact) mass is 729 g/mol. The van der Waals surface area contributed by atoms with Crippen molar-refractivity contribution in [3.05, 3.63) is 254 Å². The summed E-state index contributed by atoms with van der Waals surface area (Å²) in [4.78, 5) is 5.34. The lowest BCUT2D eigenvalue weighted by Crippen LogP contribution is -1.99. The Kier molecular flexibility index (Phi) is 10.9. The first-order valence-electron chi connectivity index (χ1n) is 19.3. The average molecular weight is 730 g/mol. The first kappa shape index (κ1) is 36.6. The van der Waals surface area contributed by atoms with Gasteiger partial charge >= 0.3 is 0 Å². The van der Waals surface area contributed by atoms with Crippen LogP contribution in [0.5, 0.6) is 0 Å². The van der Waals surface area contributed by atoms with Crippen LogP contribution in [0.4, 0.5) is 0 Å². The second-order valence-corrected chi connectivity index (χ2v) is 14.2. The van der Waals surface area contributed by atoms with E-state index >= 15 is 0 Å². The van der Waals surface area contributed by atoms with Crippen LogP contribution in [-0.2, 0) is 0 Å². The standard InChI is InChI=1S/C56H43N/c1-40(41(2)49-27-18-28-51(38-49)54-36-35-50(44-21-10-5-11-22-44)39-55(54)47-25-14-7-15-26-47)37-56(48-33-31-45(32-34-48)43-19-8-4-9-20-43)57-42(3)52-29-16-17-30-53(52)46-23-12-6-13-24-46/h4-39H,1-2H2,3H3/b56-37+,57-42?. The Morgan fingerprint density at radius 3 is 1.51 bits per heavy atom. The van der Waals surface area contributed by atoms with Gasteiger partial charge in [-0.2, -0.15) is 0 Å². The maximum absolute atomic E-state index is 5.34. The Morgan fingerprint density at radius 1 is 0.386 bits per heavy atom. The van der Waals surface area contributed by atoms with Crippen molar-refractivity contribution < 1.29 is 0 Å². The van der Waals surface area contributed by atoms with E-state index in [0.717, 1.165) is 67.1 Å². The van der Waals surface area contributed by atoms with Gasteiger partial charge in [-0.15, -0.1) is 0 Å². The summed E-state index contributed by atoms with van der Waals surface area (Å²) >= 11 is 0. The minimum Gasteiger partial charge on any atom is -0.252 e. The quantitative estimate of drug-likeness (QED) is 0.0928. The minimum atomic E-state index is 0.796. The number of allylic oxidation sites excluding steroid dienone is 3. The van der Waals surface area contributed by atoms with Crippen molar-refractivity contribution in [3.8, 4) is 55.6 Å². The van der Waals surface area contributed by atoms with Gasteiger partial charge in [0.2, 0.25) is 0 Å². The Balaban J connectivity index is 1.17. The smallest absolute Gasteiger partial charge is 0.0711 e. The molecule has 0 aliphatic carbocycles. The molecule has 0 saturated heterocycles. The molecule has 0 aliphatic heterocycles. The van der Waals surface area contributed by atoms with Crippen LogP contribution in [0.15, 0.2) is 242 Å². The van der Waals surface area contributed by atoms with Gasteiger partial charge in [0.05, 0.1) is 5.70 Å². The molecule has 0 amide bonds. The number of aliphatic imine (C=N–C) groups is 1. The molecule has 0 spiro atoms. The summed E-state index contributed by atoms with van der Waals surface area (Å²) in [6, 6.07) is 74.6. The van der Waals surface area contributed by atoms with Gasteiger partial charge in [0.1, 0.15) is 0 Å². The summed E-state index contributed by atoms with van der Waals surface area (Å²) in [6.45, 7) is 11.3. The second-order valence-electron chi connectivity index (χ2n) is 14.2. The van der Waals surface area contributed by atoms with Crippen molar-refractivity contribution in [2.24, 2.45) is 4.99 Å². The fourth-order valence-corrected chi connectivity index (χ4v) is 7.33. The molecule has 0 radical (unpaired) electrons. The number of rotatable bonds is 11. The lowest BCUT2D eigenvalue weighted by atomic mass is 9.89. The van der Waals surface area contributed by atoms with Crippen LogP contribution in [0.25, 0.3) is 66.9 Å². The maximum atomic E-state index is 5.34. The maximum Gasteiger partial charge on any atom is 0.0711 e. The Labute approximate surface area is 337 Å². The van der Waals surface area contributed by atoms with Gasteiger partial charge in [0.15, 0.2) is 0 Å². The van der Waals surface area contributed by atoms with Crippen molar-refractivity contribution in [1.29, 1.82) is 0 Å². The lowest BCUT2D eigenvalue weighted by Gasteiger charge is -2.15. The number of nitrogens with zero attached hydrogens (tertiary/aromatic N) is 1. The van der Waals surface area contributed by atoms with Crippen LogP contribution >= 0.6 is 0 Å². The summed E-state index contributed by atoms with van der Waals surface area (Å²) in [5.41, 5.74) is 18.1. The molecule has 0 fully saturated rings. The zero-order chi connectivity index (χ0) is 39.0. The van der Waals surface area contributed by atoms with Crippen molar-refractivity contribution in [2.75, 3.05) is 0 Å². The van der Waals surface area contributed by atoms with Crippen LogP contribution in [-0.4, -0.2) is 5.71 Å². The van der Waals surface area contributed by atoms with Gasteiger partial charge in [-0.1, -0.05) is 213 Å². The summed E-state index contributed by atoms with van der Waals surface area (Å²) in [6.07, 6.45) is 2.07. The highest BCUT2D eigenvalue weighted by atomic mass is 14.8. The molecule has 1 heteroatoms. The Bertz CT molecular complexity index is 2720. The number of hydrogen-bond acceptors (Lipinski definition) is 1. The molecule has 8 aromatic rings. The minimum absolute atomic E-state index is 0.796. The predicted molar refractivity (Wildman–Crippen MR) is 245 cm³/mol. The average Bonchev–Trinajstić information content (AvgIpc) is 3.29. The summed E-state index contributed by atoms with van der Waals surface area (Å²) < 4.78 is 0. The molecule has 0 N–H and O–H groups in total. The SMILES string of the molecule is C=C(/C=C(/N=C(C)c1ccccc1-c1ccccc1)c1ccc(-c2ccccc2)cc1)C(=C)c1cccc(-c2ccc(-c3ccccc3)cc2-c2ccccc2)c1. The molecular formula is C56H43N. The van der Waals surface area contributed by atoms with E-state index in [-0.39, 0.29) is 0 Å². The van der Waals surface area contributed by atoms with Crippen LogP contribution in [0.2, 0.25) is 0 Å². The van der Waals surface area contributed by atoms with Gasteiger partial charge in [0.25, 0.3) is 0 Å². The van der Waals surface area contributed by atoms with Crippen molar-refractivity contribution in [2.45, 2.75) is 6.92 Å². The Morgan fingerprint density at radius 2 is 0.877 bits per heavy atom. The molecule has 272 valence electrons. The van der Waals surface area contributed by atoms with Gasteiger partial charge < -0.3 is 0 Å². The van der Waals surface area contributed by atoms with Gasteiger partial charge in [-0.25, -0.2) is 0 Å². The molecule has 8 aromatic carbocycles. The second kappa shape index (κ2) is 17.0. The molecule has 0 aromatic heterocycles. The van der Waals surface area contributed by atoms with E-state index in [1.165, 1.54) is 27.8 Å². The van der Waals surface area contributed by atoms with E-state index in [1.807, 2.05) is 12.1 Å². The first-order valence-corrected chi connectivity index (χ1v) is 19.3. The normalized spacial score (nSPS) is 11.6. The topological polar surface area (TPSA) is 12.4 Å². The predicted octanol–water partition coefficient (Wildman–Crippen LogP) is 15.1. The summed E-state index contributed by atoms with van der Waals surface area (Å²) in [7, 11) is 0. The fourth-order valence-electron chi connectivity index (χ4n) is 7.33. The molecule has 8 rings (SSSR count). The largest absolute Gasteiger partial charge is 0.252 e. The fraction of sp³-hybridized carbons (Fsp3) is 0.0179. The molecule has 1 nitrogen and oxygen atoms in total. The summed E-state index contributed by atoms with van der Waals surface area (Å²) in [5.74, 6) is 0. The van der Waals surface area contributed by atoms with Crippen molar-refractivity contribution in [3.63, 3.8) is 0 Å². The van der Waals surface area contributed by atoms with E-state index in [2.05, 4.69) is 226 Å². The number of hydrogen-bond donors (Lipinski definition) is 0. The molecule has 0 aliphatic rings. The third-order valence-electron chi connectivity index (χ3n) is 10.4. The van der Waals surface area contributed by atoms with Crippen molar-refractivity contribution in [1.82, 2.24) is 0 Å². The number of benzene rings is 8. The molecule has 0 heterocycles. The molecule has 57 heavy (non-hydrogen) atoms. The Hall–Kier alpha value is -7.35. The van der Waals surface area contributed by atoms with Crippen LogP contribution in [0.3, 0.4) is 0 Å². The van der Waals surface area contributed by atoms with Gasteiger partial charge in [-0.05, 0) is 97.5 Å². The molecule has 0 atom stereocenters. The van der Waals surface area contributed by atoms with Crippen LogP contribution in [0, 0.1) is 0 Å². The highest BCUT2D eigenvalue weighted by Crippen LogP contribution is 2.38. The third kappa shape index (κ3) is 8.34. The molecule has 0 unspecified atom stereocenters. The van der Waals surface area contributed by atoms with E-state index in [4.69, 9.17) is 4.99 Å². The zero-order valence-electron chi connectivity index (χ0n) is 32.1. The highest BCUT2D eigenvalue weighted by Gasteiger charge is 2.14. The summed E-state index contributed by atoms with van der Waals surface area (Å²) in [5, 5.41) is 0. The van der Waals surface area contributed by atoms with Crippen LogP contribution < -0.4 is 0 Å². The van der Waals surface area contributed by atoms with Crippen LogP contribution in [0.1, 0.15) is 23.6 Å². The van der Waals surface area contributed by atoms with Crippen molar-refractivity contribution >= 4 is 17.0 Å². The van der Waals surface area contributed by atoms with E-state index in [0.29, 0.717) is 0 Å². The van der Waals surface area contributed by atoms with E-state index in [9.17, 15) is 0 Å².